The molecule has 0 unspecified atom stereocenters. The second-order valence-corrected chi connectivity index (χ2v) is 4.10. The van der Waals surface area contributed by atoms with Crippen molar-refractivity contribution in [1.29, 1.82) is 0 Å². The molecule has 0 aromatic heterocycles. The number of thioether (sulfide) groups is 1. The van der Waals surface area contributed by atoms with Crippen LogP contribution in [0.25, 0.3) is 0 Å². The summed E-state index contributed by atoms with van der Waals surface area (Å²) in [5.41, 5.74) is 0.367. The topological polar surface area (TPSA) is 0 Å². The molecule has 0 aromatic rings. The third-order valence-corrected chi connectivity index (χ3v) is 4.11. The van der Waals surface area contributed by atoms with Crippen molar-refractivity contribution >= 4 is 37.0 Å². The van der Waals surface area contributed by atoms with Crippen LogP contribution in [0.4, 0.5) is 0 Å². The van der Waals surface area contributed by atoms with Gasteiger partial charge in [0.25, 0.3) is 0 Å². The van der Waals surface area contributed by atoms with Crippen LogP contribution in [0.15, 0.2) is 0 Å². The molecule has 0 saturated carbocycles. The second-order valence-electron chi connectivity index (χ2n) is 2.60. The predicted molar refractivity (Wildman–Crippen MR) is 58.8 cm³/mol. The highest BCUT2D eigenvalue weighted by Crippen LogP contribution is 2.28. The zero-order valence-electron chi connectivity index (χ0n) is 6.63. The van der Waals surface area contributed by atoms with Gasteiger partial charge in [-0.25, -0.2) is 0 Å². The van der Waals surface area contributed by atoms with Crippen LogP contribution in [0, 0.1) is 5.41 Å². The molecule has 0 heterocycles. The van der Waals surface area contributed by atoms with Crippen molar-refractivity contribution in [2.45, 2.75) is 13.3 Å². The molecule has 0 N–H and O–H groups in total. The van der Waals surface area contributed by atoms with Crippen LogP contribution in [-0.4, -0.2) is 23.5 Å². The lowest BCUT2D eigenvalue weighted by molar-refractivity contribution is 0.431. The van der Waals surface area contributed by atoms with Crippen LogP contribution in [0.2, 0.25) is 0 Å². The van der Waals surface area contributed by atoms with E-state index < -0.39 is 0 Å². The standard InChI is InChI=1S/C7H16S3/c1-3-7(4-8,5-9)6-10-2/h8-9H,3-6H2,1-2H3. The van der Waals surface area contributed by atoms with E-state index in [-0.39, 0.29) is 0 Å². The first-order chi connectivity index (χ1) is 4.74. The van der Waals surface area contributed by atoms with E-state index in [9.17, 15) is 0 Å². The molecule has 0 aromatic carbocycles. The maximum Gasteiger partial charge on any atom is 0.000196 e. The number of hydrogen-bond donors (Lipinski definition) is 2. The summed E-state index contributed by atoms with van der Waals surface area (Å²) in [7, 11) is 0. The van der Waals surface area contributed by atoms with Gasteiger partial charge in [0.05, 0.1) is 0 Å². The molecule has 0 fully saturated rings. The molecule has 0 spiro atoms. The molecule has 0 atom stereocenters. The first-order valence-corrected chi connectivity index (χ1v) is 6.11. The molecule has 0 radical (unpaired) electrons. The van der Waals surface area contributed by atoms with Crippen LogP contribution in [0.1, 0.15) is 13.3 Å². The zero-order chi connectivity index (χ0) is 8.04. The summed E-state index contributed by atoms with van der Waals surface area (Å²) in [5.74, 6) is 3.08. The molecule has 10 heavy (non-hydrogen) atoms. The molecule has 0 amide bonds. The van der Waals surface area contributed by atoms with Gasteiger partial charge in [-0.15, -0.1) is 0 Å². The second kappa shape index (κ2) is 5.67. The van der Waals surface area contributed by atoms with Crippen molar-refractivity contribution in [3.05, 3.63) is 0 Å². The molecular weight excluding hydrogens is 180 g/mol. The predicted octanol–water partition coefficient (Wildman–Crippen LogP) is 2.61. The van der Waals surface area contributed by atoms with E-state index in [1.807, 2.05) is 11.8 Å². The Labute approximate surface area is 79.4 Å². The molecular formula is C7H16S3. The summed E-state index contributed by atoms with van der Waals surface area (Å²) in [6.45, 7) is 2.21. The van der Waals surface area contributed by atoms with Gasteiger partial charge in [0, 0.05) is 5.75 Å². The third kappa shape index (κ3) is 2.97. The van der Waals surface area contributed by atoms with Crippen molar-refractivity contribution in [2.24, 2.45) is 5.41 Å². The fraction of sp³-hybridized carbons (Fsp3) is 1.00. The molecule has 0 rings (SSSR count). The lowest BCUT2D eigenvalue weighted by atomic mass is 9.92. The first kappa shape index (κ1) is 11.1. The lowest BCUT2D eigenvalue weighted by Gasteiger charge is -2.27. The average Bonchev–Trinajstić information content (AvgIpc) is 2.01. The van der Waals surface area contributed by atoms with Crippen molar-refractivity contribution < 1.29 is 0 Å². The van der Waals surface area contributed by atoms with Crippen LogP contribution < -0.4 is 0 Å². The summed E-state index contributed by atoms with van der Waals surface area (Å²) >= 11 is 10.6. The van der Waals surface area contributed by atoms with E-state index in [1.165, 1.54) is 12.2 Å². The monoisotopic (exact) mass is 196 g/mol. The third-order valence-electron chi connectivity index (χ3n) is 1.87. The van der Waals surface area contributed by atoms with E-state index in [0.717, 1.165) is 11.5 Å². The van der Waals surface area contributed by atoms with Gasteiger partial charge in [0.2, 0.25) is 0 Å². The molecule has 0 saturated heterocycles. The molecule has 0 aliphatic rings. The Morgan fingerprint density at radius 2 is 1.80 bits per heavy atom. The van der Waals surface area contributed by atoms with Crippen LogP contribution in [0.3, 0.4) is 0 Å². The molecule has 0 nitrogen and oxygen atoms in total. The molecule has 3 heteroatoms. The lowest BCUT2D eigenvalue weighted by Crippen LogP contribution is -2.27. The quantitative estimate of drug-likeness (QED) is 0.637. The van der Waals surface area contributed by atoms with Crippen LogP contribution >= 0.6 is 37.0 Å². The Morgan fingerprint density at radius 3 is 1.90 bits per heavy atom. The highest BCUT2D eigenvalue weighted by molar-refractivity contribution is 7.98. The van der Waals surface area contributed by atoms with Gasteiger partial charge in [0.15, 0.2) is 0 Å². The summed E-state index contributed by atoms with van der Waals surface area (Å²) in [6.07, 6.45) is 3.32. The minimum Gasteiger partial charge on any atom is -0.179 e. The zero-order valence-corrected chi connectivity index (χ0v) is 9.24. The fourth-order valence-electron chi connectivity index (χ4n) is 0.773. The maximum atomic E-state index is 4.33. The first-order valence-electron chi connectivity index (χ1n) is 3.45. The fourth-order valence-corrected chi connectivity index (χ4v) is 3.17. The van der Waals surface area contributed by atoms with E-state index in [1.54, 1.807) is 0 Å². The van der Waals surface area contributed by atoms with E-state index in [4.69, 9.17) is 0 Å². The Morgan fingerprint density at radius 1 is 1.30 bits per heavy atom. The highest BCUT2D eigenvalue weighted by Gasteiger charge is 2.23. The van der Waals surface area contributed by atoms with Gasteiger partial charge in [-0.1, -0.05) is 6.92 Å². The maximum absolute atomic E-state index is 4.33. The van der Waals surface area contributed by atoms with Crippen LogP contribution in [0.5, 0.6) is 0 Å². The van der Waals surface area contributed by atoms with Gasteiger partial charge in [-0.2, -0.15) is 37.0 Å². The Kier molecular flexibility index (Phi) is 6.26. The van der Waals surface area contributed by atoms with E-state index >= 15 is 0 Å². The van der Waals surface area contributed by atoms with Crippen molar-refractivity contribution in [2.75, 3.05) is 23.5 Å². The van der Waals surface area contributed by atoms with Crippen LogP contribution in [-0.2, 0) is 0 Å². The summed E-state index contributed by atoms with van der Waals surface area (Å²) in [4.78, 5) is 0. The average molecular weight is 196 g/mol. The van der Waals surface area contributed by atoms with E-state index in [0.29, 0.717) is 5.41 Å². The van der Waals surface area contributed by atoms with Gasteiger partial charge < -0.3 is 0 Å². The van der Waals surface area contributed by atoms with Gasteiger partial charge >= 0.3 is 0 Å². The van der Waals surface area contributed by atoms with E-state index in [2.05, 4.69) is 38.4 Å². The smallest absolute Gasteiger partial charge is 0.000196 e. The summed E-state index contributed by atoms with van der Waals surface area (Å²) < 4.78 is 0. The van der Waals surface area contributed by atoms with Crippen molar-refractivity contribution in [1.82, 2.24) is 0 Å². The number of thiol groups is 2. The molecule has 0 aliphatic heterocycles. The minimum atomic E-state index is 0.367. The minimum absolute atomic E-state index is 0.367. The van der Waals surface area contributed by atoms with Gasteiger partial charge in [-0.05, 0) is 29.6 Å². The molecule has 0 aliphatic carbocycles. The van der Waals surface area contributed by atoms with Gasteiger partial charge in [-0.3, -0.25) is 0 Å². The Balaban J connectivity index is 3.87. The largest absolute Gasteiger partial charge is 0.179 e. The number of hydrogen-bond acceptors (Lipinski definition) is 3. The van der Waals surface area contributed by atoms with Crippen molar-refractivity contribution in [3.8, 4) is 0 Å². The SMILES string of the molecule is CCC(CS)(CS)CSC. The Hall–Kier alpha value is 1.05. The van der Waals surface area contributed by atoms with Gasteiger partial charge in [0.1, 0.15) is 0 Å². The number of rotatable bonds is 5. The Bertz CT molecular complexity index is 70.7. The molecule has 62 valence electrons. The normalized spacial score (nSPS) is 12.0. The summed E-state index contributed by atoms with van der Waals surface area (Å²) in [5, 5.41) is 0. The molecule has 0 bridgehead atoms. The highest BCUT2D eigenvalue weighted by atomic mass is 32.2. The van der Waals surface area contributed by atoms with Crippen molar-refractivity contribution in [3.63, 3.8) is 0 Å². The summed E-state index contributed by atoms with van der Waals surface area (Å²) in [6, 6.07) is 0.